The van der Waals surface area contributed by atoms with Gasteiger partial charge < -0.3 is 24.8 Å². The molecular weight excluding hydrogens is 783 g/mol. The number of piperazine rings is 1. The van der Waals surface area contributed by atoms with Gasteiger partial charge in [0.1, 0.15) is 11.6 Å². The van der Waals surface area contributed by atoms with Crippen molar-refractivity contribution in [2.45, 2.75) is 64.8 Å². The number of carbonyl (C=O) groups excluding carboxylic acids is 3. The minimum atomic E-state index is -1.02. The van der Waals surface area contributed by atoms with Gasteiger partial charge in [0.15, 0.2) is 0 Å². The maximum Gasteiger partial charge on any atom is 0.280 e. The fourth-order valence-electron chi connectivity index (χ4n) is 9.77. The third-order valence-electron chi connectivity index (χ3n) is 12.9. The van der Waals surface area contributed by atoms with Crippen LogP contribution in [-0.4, -0.2) is 102 Å². The Hall–Kier alpha value is -5.90. The highest BCUT2D eigenvalue weighted by molar-refractivity contribution is 6.19. The van der Waals surface area contributed by atoms with Crippen molar-refractivity contribution < 1.29 is 27.9 Å². The minimum Gasteiger partial charge on any atom is -0.477 e. The Kier molecular flexibility index (Phi) is 11.0. The van der Waals surface area contributed by atoms with Crippen molar-refractivity contribution >= 4 is 46.4 Å². The normalized spacial score (nSPS) is 24.7. The largest absolute Gasteiger partial charge is 0.477 e. The van der Waals surface area contributed by atoms with Crippen LogP contribution in [0.25, 0.3) is 11.3 Å². The third kappa shape index (κ3) is 8.05. The van der Waals surface area contributed by atoms with Crippen LogP contribution in [0.3, 0.4) is 0 Å². The van der Waals surface area contributed by atoms with Crippen LogP contribution in [0.15, 0.2) is 53.7 Å². The van der Waals surface area contributed by atoms with Gasteiger partial charge in [-0.3, -0.25) is 29.6 Å². The summed E-state index contributed by atoms with van der Waals surface area (Å²) in [7, 11) is 1.84. The number of amides is 3. The monoisotopic (exact) mass is 834 g/mol. The summed E-state index contributed by atoms with van der Waals surface area (Å²) in [4.78, 5) is 56.4. The topological polar surface area (TPSA) is 141 Å². The van der Waals surface area contributed by atoms with E-state index in [0.717, 1.165) is 68.1 Å². The lowest BCUT2D eigenvalue weighted by Gasteiger charge is -2.47. The number of halogens is 2. The molecule has 0 unspecified atom stereocenters. The maximum absolute atomic E-state index is 15.4. The van der Waals surface area contributed by atoms with E-state index in [1.54, 1.807) is 23.0 Å². The van der Waals surface area contributed by atoms with E-state index in [1.165, 1.54) is 12.1 Å². The van der Waals surface area contributed by atoms with E-state index in [0.29, 0.717) is 66.8 Å². The van der Waals surface area contributed by atoms with E-state index in [2.05, 4.69) is 67.5 Å². The number of carbonyl (C=O) groups is 3. The summed E-state index contributed by atoms with van der Waals surface area (Å²) in [5.74, 6) is -2.31. The second-order valence-corrected chi connectivity index (χ2v) is 17.3. The van der Waals surface area contributed by atoms with Crippen LogP contribution in [0.2, 0.25) is 0 Å². The predicted molar refractivity (Wildman–Crippen MR) is 229 cm³/mol. The summed E-state index contributed by atoms with van der Waals surface area (Å²) in [5.41, 5.74) is 5.69. The zero-order chi connectivity index (χ0) is 42.5. The summed E-state index contributed by atoms with van der Waals surface area (Å²) >= 11 is 0. The average molecular weight is 835 g/mol. The molecule has 2 N–H and O–H groups in total. The number of ether oxygens (including phenoxy) is 1. The number of benzene rings is 2. The summed E-state index contributed by atoms with van der Waals surface area (Å²) in [5, 5.41) is 10.1. The Balaban J connectivity index is 0.871. The molecule has 5 aliphatic heterocycles. The molecule has 0 radical (unpaired) electrons. The van der Waals surface area contributed by atoms with E-state index < -0.39 is 29.4 Å². The Morgan fingerprint density at radius 3 is 2.39 bits per heavy atom. The molecule has 3 saturated heterocycles. The number of rotatable bonds is 4. The molecule has 9 rings (SSSR count). The second-order valence-electron chi connectivity index (χ2n) is 17.3. The van der Waals surface area contributed by atoms with Gasteiger partial charge in [-0.2, -0.15) is 10.1 Å². The second kappa shape index (κ2) is 16.5. The van der Waals surface area contributed by atoms with Gasteiger partial charge in [0.2, 0.25) is 23.7 Å². The number of fused-ring (bicyclic) bond motifs is 7. The first-order valence-electron chi connectivity index (χ1n) is 21.4. The Labute approximate surface area is 353 Å². The number of hydrogen-bond acceptors (Lipinski definition) is 11. The van der Waals surface area contributed by atoms with Crippen molar-refractivity contribution in [1.82, 2.24) is 25.0 Å². The number of guanidine groups is 1. The first-order chi connectivity index (χ1) is 29.4. The molecule has 3 amide bonds. The first-order valence-corrected chi connectivity index (χ1v) is 21.4. The molecule has 4 aromatic rings. The van der Waals surface area contributed by atoms with E-state index >= 15 is 8.78 Å². The number of piperidine rings is 2. The van der Waals surface area contributed by atoms with Crippen LogP contribution in [0.5, 0.6) is 5.88 Å². The highest BCUT2D eigenvalue weighted by atomic mass is 19.1. The molecule has 0 aliphatic carbocycles. The van der Waals surface area contributed by atoms with Crippen LogP contribution in [0.4, 0.5) is 31.5 Å². The highest BCUT2D eigenvalue weighted by Crippen LogP contribution is 2.39. The maximum atomic E-state index is 15.4. The standard InChI is InChI=1S/C45H52F2N10O4/c1-26-6-5-17-61-44-33(23-48-53(44)4)37-19-29(18-28(3)49-37)42(59)52-45-50-36-9-7-30(22-39(36)57(45)24-26)54-13-15-55(16-14-54)38-11-12-56(25-27(38)2)31-20-34(46)41(35(47)21-31)32-8-10-40(58)51-43(32)60/h7,9,18-23,26-27,32,38H,5-6,8,10-17,24-25H2,1-4H3,(H,50,52,59)(H,51,58,60)/t26-,27-,32-,38+/m1/s1. The Morgan fingerprint density at radius 1 is 0.852 bits per heavy atom. The van der Waals surface area contributed by atoms with Gasteiger partial charge in [0, 0.05) is 93.5 Å². The van der Waals surface area contributed by atoms with Gasteiger partial charge in [0.25, 0.3) is 5.91 Å². The third-order valence-corrected chi connectivity index (χ3v) is 12.9. The van der Waals surface area contributed by atoms with Gasteiger partial charge in [-0.1, -0.05) is 13.8 Å². The molecule has 16 heteroatoms. The van der Waals surface area contributed by atoms with Gasteiger partial charge in [-0.05, 0) is 86.9 Å². The number of nitrogens with one attached hydrogen (secondary N) is 2. The fraction of sp³-hybridized carbons (Fsp3) is 0.467. The summed E-state index contributed by atoms with van der Waals surface area (Å²) in [6, 6.07) is 12.9. The predicted octanol–water partition coefficient (Wildman–Crippen LogP) is 5.86. The smallest absolute Gasteiger partial charge is 0.280 e. The van der Waals surface area contributed by atoms with Crippen molar-refractivity contribution in [3.05, 3.63) is 77.1 Å². The molecule has 2 bridgehead atoms. The highest BCUT2D eigenvalue weighted by Gasteiger charge is 2.36. The fourth-order valence-corrected chi connectivity index (χ4v) is 9.77. The minimum absolute atomic E-state index is 0.0547. The van der Waals surface area contributed by atoms with Gasteiger partial charge in [-0.25, -0.2) is 13.5 Å². The lowest BCUT2D eigenvalue weighted by atomic mass is 9.88. The molecule has 0 spiro atoms. The number of aromatic nitrogens is 3. The first kappa shape index (κ1) is 40.5. The number of aliphatic imine (C=N–C) groups is 1. The lowest BCUT2D eigenvalue weighted by Crippen LogP contribution is -2.56. The Morgan fingerprint density at radius 2 is 1.64 bits per heavy atom. The van der Waals surface area contributed by atoms with Crippen LogP contribution < -0.4 is 30.1 Å². The number of imide groups is 1. The zero-order valence-corrected chi connectivity index (χ0v) is 35.1. The van der Waals surface area contributed by atoms with Crippen molar-refractivity contribution in [2.24, 2.45) is 23.9 Å². The lowest BCUT2D eigenvalue weighted by molar-refractivity contribution is -0.134. The number of nitrogens with zero attached hydrogens (tertiary/aromatic N) is 8. The van der Waals surface area contributed by atoms with Gasteiger partial charge >= 0.3 is 0 Å². The van der Waals surface area contributed by atoms with E-state index in [1.807, 2.05) is 18.9 Å². The van der Waals surface area contributed by atoms with Crippen molar-refractivity contribution in [1.29, 1.82) is 0 Å². The zero-order valence-electron chi connectivity index (χ0n) is 35.1. The molecule has 2 aromatic heterocycles. The summed E-state index contributed by atoms with van der Waals surface area (Å²) < 4.78 is 38.7. The van der Waals surface area contributed by atoms with E-state index in [4.69, 9.17) is 9.72 Å². The number of hydrogen-bond donors (Lipinski definition) is 2. The average Bonchev–Trinajstić information content (AvgIpc) is 3.77. The van der Waals surface area contributed by atoms with Crippen molar-refractivity contribution in [2.75, 3.05) is 72.4 Å². The summed E-state index contributed by atoms with van der Waals surface area (Å²) in [6.45, 7) is 12.2. The number of anilines is 4. The van der Waals surface area contributed by atoms with Crippen LogP contribution >= 0.6 is 0 Å². The molecule has 5 aliphatic rings. The number of pyridine rings is 1. The van der Waals surface area contributed by atoms with Crippen LogP contribution in [0, 0.1) is 30.4 Å². The van der Waals surface area contributed by atoms with E-state index in [9.17, 15) is 14.4 Å². The number of aryl methyl sites for hydroxylation is 2. The molecule has 4 atom stereocenters. The van der Waals surface area contributed by atoms with E-state index in [-0.39, 0.29) is 36.1 Å². The molecule has 0 saturated carbocycles. The molecule has 3 fully saturated rings. The molecule has 2 aromatic carbocycles. The molecule has 7 heterocycles. The summed E-state index contributed by atoms with van der Waals surface area (Å²) in [6.07, 6.45) is 4.48. The molecule has 14 nitrogen and oxygen atoms in total. The van der Waals surface area contributed by atoms with Gasteiger partial charge in [0.05, 0.1) is 41.4 Å². The Bertz CT molecular complexity index is 2390. The van der Waals surface area contributed by atoms with Crippen molar-refractivity contribution in [3.8, 4) is 17.1 Å². The van der Waals surface area contributed by atoms with Crippen LogP contribution in [-0.2, 0) is 16.6 Å². The molecular formula is C45H52F2N10O4. The SMILES string of the molecule is Cc1cc2cc(n1)-c1cnn(C)c1OCCC[C@@H](C)CN1/C(=N/C2=O)Nc2ccc(N3CCN([C@H]4CCN(c5cc(F)c([C@H]6CCC(=O)NC6=O)c(F)c5)C[C@H]4C)CC3)cc21. The van der Waals surface area contributed by atoms with Crippen molar-refractivity contribution in [3.63, 3.8) is 0 Å². The quantitative estimate of drug-likeness (QED) is 0.239. The van der Waals surface area contributed by atoms with Gasteiger partial charge in [-0.15, -0.1) is 0 Å². The molecule has 61 heavy (non-hydrogen) atoms. The molecule has 320 valence electrons. The van der Waals surface area contributed by atoms with Crippen LogP contribution in [0.1, 0.15) is 73.5 Å².